The Morgan fingerprint density at radius 1 is 1.05 bits per heavy atom. The fraction of sp³-hybridized carbons (Fsp3) is 0.586. The Labute approximate surface area is 243 Å². The van der Waals surface area contributed by atoms with Crippen molar-refractivity contribution in [3.8, 4) is 5.75 Å². The molecule has 11 nitrogen and oxygen atoms in total. The summed E-state index contributed by atoms with van der Waals surface area (Å²) in [4.78, 5) is 44.9. The maximum atomic E-state index is 13.9. The van der Waals surface area contributed by atoms with E-state index in [1.807, 2.05) is 0 Å². The van der Waals surface area contributed by atoms with Gasteiger partial charge in [-0.25, -0.2) is 17.8 Å². The van der Waals surface area contributed by atoms with Crippen molar-refractivity contribution in [3.05, 3.63) is 57.5 Å². The summed E-state index contributed by atoms with van der Waals surface area (Å²) in [6.45, 7) is 0.623. The van der Waals surface area contributed by atoms with Gasteiger partial charge in [-0.05, 0) is 75.0 Å². The molecular formula is C29H36FN5O6S. The third kappa shape index (κ3) is 5.10. The van der Waals surface area contributed by atoms with Crippen LogP contribution in [-0.4, -0.2) is 57.0 Å². The molecule has 3 N–H and O–H groups in total. The summed E-state index contributed by atoms with van der Waals surface area (Å²) in [5.41, 5.74) is -1.68. The maximum Gasteiger partial charge on any atom is 0.296 e. The summed E-state index contributed by atoms with van der Waals surface area (Å²) in [6, 6.07) is 4.70. The summed E-state index contributed by atoms with van der Waals surface area (Å²) < 4.78 is 42.8. The van der Waals surface area contributed by atoms with Crippen LogP contribution >= 0.6 is 0 Å². The van der Waals surface area contributed by atoms with Gasteiger partial charge in [0.2, 0.25) is 21.7 Å². The second-order valence-corrected chi connectivity index (χ2v) is 14.3. The van der Waals surface area contributed by atoms with Crippen LogP contribution in [0, 0.1) is 11.7 Å². The molecule has 1 saturated heterocycles. The van der Waals surface area contributed by atoms with E-state index >= 15 is 0 Å². The number of halogens is 1. The minimum absolute atomic E-state index is 0.0234. The Morgan fingerprint density at radius 3 is 2.43 bits per heavy atom. The topological polar surface area (TPSA) is 151 Å². The fourth-order valence-corrected chi connectivity index (χ4v) is 9.38. The first-order chi connectivity index (χ1) is 20.1. The predicted octanol–water partition coefficient (Wildman–Crippen LogP) is 2.27. The van der Waals surface area contributed by atoms with E-state index in [0.717, 1.165) is 12.8 Å². The molecule has 1 atom stereocenters. The molecule has 4 heterocycles. The van der Waals surface area contributed by atoms with Gasteiger partial charge in [-0.2, -0.15) is 4.31 Å². The van der Waals surface area contributed by atoms with Crippen LogP contribution in [0.4, 0.5) is 4.39 Å². The number of hydrogen-bond acceptors (Lipinski definition) is 7. The smallest absolute Gasteiger partial charge is 0.296 e. The Morgan fingerprint density at radius 2 is 1.74 bits per heavy atom. The van der Waals surface area contributed by atoms with E-state index in [4.69, 9.17) is 0 Å². The van der Waals surface area contributed by atoms with Crippen LogP contribution < -0.4 is 16.2 Å². The third-order valence-electron chi connectivity index (χ3n) is 9.47. The van der Waals surface area contributed by atoms with Crippen LogP contribution in [0.2, 0.25) is 0 Å². The largest absolute Gasteiger partial charge is 0.501 e. The highest BCUT2D eigenvalue weighted by Gasteiger charge is 2.49. The maximum absolute atomic E-state index is 13.9. The molecule has 2 saturated carbocycles. The lowest BCUT2D eigenvalue weighted by molar-refractivity contribution is -0.127. The number of fused-ring (bicyclic) bond motifs is 2. The van der Waals surface area contributed by atoms with E-state index in [1.165, 1.54) is 33.1 Å². The Kier molecular flexibility index (Phi) is 7.58. The van der Waals surface area contributed by atoms with Gasteiger partial charge in [0.1, 0.15) is 17.7 Å². The molecule has 0 spiro atoms. The molecule has 13 heteroatoms. The van der Waals surface area contributed by atoms with Gasteiger partial charge in [-0.3, -0.25) is 19.0 Å². The monoisotopic (exact) mass is 601 g/mol. The lowest BCUT2D eigenvalue weighted by Crippen LogP contribution is -2.56. The van der Waals surface area contributed by atoms with Crippen molar-refractivity contribution in [3.63, 3.8) is 0 Å². The molecule has 42 heavy (non-hydrogen) atoms. The third-order valence-corrected chi connectivity index (χ3v) is 11.9. The number of carbonyl (C=O) groups is 2. The van der Waals surface area contributed by atoms with Crippen LogP contribution in [0.1, 0.15) is 86.1 Å². The van der Waals surface area contributed by atoms with Crippen molar-refractivity contribution in [1.29, 1.82) is 0 Å². The quantitative estimate of drug-likeness (QED) is 0.441. The van der Waals surface area contributed by atoms with Gasteiger partial charge in [0, 0.05) is 19.6 Å². The zero-order chi connectivity index (χ0) is 29.6. The van der Waals surface area contributed by atoms with E-state index < -0.39 is 61.5 Å². The SMILES string of the molecule is O=C(NCc1ccc(F)cc1)c1nc2n(c(=O)c1O)CC1CCC2(NC(=O)C2CCCN2S(=O)(=O)C2CCCC2)CC1. The second kappa shape index (κ2) is 11.1. The van der Waals surface area contributed by atoms with E-state index in [9.17, 15) is 32.3 Å². The molecule has 1 aromatic carbocycles. The van der Waals surface area contributed by atoms with Crippen molar-refractivity contribution in [2.75, 3.05) is 6.54 Å². The normalized spacial score (nSPS) is 26.1. The Balaban J connectivity index is 1.30. The molecule has 5 aliphatic rings. The highest BCUT2D eigenvalue weighted by atomic mass is 32.2. The van der Waals surface area contributed by atoms with Crippen LogP contribution in [0.5, 0.6) is 5.75 Å². The van der Waals surface area contributed by atoms with Crippen molar-refractivity contribution in [2.45, 2.75) is 94.1 Å². The Bertz CT molecular complexity index is 1550. The van der Waals surface area contributed by atoms with Gasteiger partial charge in [-0.15, -0.1) is 0 Å². The Hall–Kier alpha value is -3.32. The average Bonchev–Trinajstić information content (AvgIpc) is 3.66. The number of aromatic nitrogens is 2. The lowest BCUT2D eigenvalue weighted by Gasteiger charge is -2.38. The number of sulfonamides is 1. The standard InChI is InChI=1S/C29H36FN5O6S/c30-20-9-7-18(8-10-20)16-31-26(38)23-24(36)27(39)34-17-19-11-13-29(14-12-19,28(34)32-23)33-25(37)22-6-3-15-35(22)42(40,41)21-4-1-2-5-21/h7-10,19,21-22,36H,1-6,11-17H2,(H,31,38)(H,33,37). The molecular weight excluding hydrogens is 565 g/mol. The molecule has 0 radical (unpaired) electrons. The van der Waals surface area contributed by atoms with Crippen molar-refractivity contribution in [2.24, 2.45) is 5.92 Å². The van der Waals surface area contributed by atoms with Gasteiger partial charge in [-0.1, -0.05) is 25.0 Å². The van der Waals surface area contributed by atoms with Crippen LogP contribution in [0.15, 0.2) is 29.1 Å². The number of amides is 2. The first kappa shape index (κ1) is 28.8. The van der Waals surface area contributed by atoms with Gasteiger partial charge >= 0.3 is 0 Å². The molecule has 1 aromatic heterocycles. The molecule has 2 aromatic rings. The number of hydrogen-bond donors (Lipinski definition) is 3. The van der Waals surface area contributed by atoms with Crippen LogP contribution in [0.25, 0.3) is 0 Å². The number of carbonyl (C=O) groups excluding carboxylic acids is 2. The van der Waals surface area contributed by atoms with Crippen molar-refractivity contribution >= 4 is 21.8 Å². The van der Waals surface area contributed by atoms with Gasteiger partial charge in [0.05, 0.1) is 10.8 Å². The summed E-state index contributed by atoms with van der Waals surface area (Å²) >= 11 is 0. The summed E-state index contributed by atoms with van der Waals surface area (Å²) in [5, 5.41) is 16.0. The van der Waals surface area contributed by atoms with Crippen molar-refractivity contribution in [1.82, 2.24) is 24.5 Å². The highest BCUT2D eigenvalue weighted by Crippen LogP contribution is 2.43. The second-order valence-electron chi connectivity index (χ2n) is 12.1. The summed E-state index contributed by atoms with van der Waals surface area (Å²) in [6.07, 6.45) is 6.27. The van der Waals surface area contributed by atoms with E-state index in [-0.39, 0.29) is 18.3 Å². The predicted molar refractivity (Wildman–Crippen MR) is 150 cm³/mol. The van der Waals surface area contributed by atoms with Crippen molar-refractivity contribution < 1.29 is 27.5 Å². The molecule has 2 aliphatic carbocycles. The summed E-state index contributed by atoms with van der Waals surface area (Å²) in [5.74, 6) is -2.05. The molecule has 2 amide bonds. The van der Waals surface area contributed by atoms with Crippen LogP contribution in [0.3, 0.4) is 0 Å². The number of aromatic hydroxyl groups is 1. The molecule has 3 fully saturated rings. The number of nitrogens with zero attached hydrogens (tertiary/aromatic N) is 3. The van der Waals surface area contributed by atoms with Crippen LogP contribution in [-0.2, 0) is 33.4 Å². The van der Waals surface area contributed by atoms with E-state index in [1.54, 1.807) is 0 Å². The number of benzene rings is 1. The van der Waals surface area contributed by atoms with Gasteiger partial charge < -0.3 is 15.7 Å². The minimum Gasteiger partial charge on any atom is -0.501 e. The van der Waals surface area contributed by atoms with Gasteiger partial charge in [0.15, 0.2) is 5.69 Å². The molecule has 226 valence electrons. The lowest BCUT2D eigenvalue weighted by atomic mass is 9.77. The molecule has 2 bridgehead atoms. The summed E-state index contributed by atoms with van der Waals surface area (Å²) in [7, 11) is -3.62. The molecule has 7 rings (SSSR count). The highest BCUT2D eigenvalue weighted by molar-refractivity contribution is 7.89. The molecule has 1 unspecified atom stereocenters. The van der Waals surface area contributed by atoms with E-state index in [2.05, 4.69) is 15.6 Å². The zero-order valence-electron chi connectivity index (χ0n) is 23.4. The minimum atomic E-state index is -3.62. The fourth-order valence-electron chi connectivity index (χ4n) is 7.13. The molecule has 3 aliphatic heterocycles. The van der Waals surface area contributed by atoms with Gasteiger partial charge in [0.25, 0.3) is 11.5 Å². The first-order valence-electron chi connectivity index (χ1n) is 14.8. The van der Waals surface area contributed by atoms with E-state index in [0.29, 0.717) is 70.0 Å². The average molecular weight is 602 g/mol. The number of rotatable bonds is 7. The number of nitrogens with one attached hydrogen (secondary N) is 2. The zero-order valence-corrected chi connectivity index (χ0v) is 24.2. The first-order valence-corrected chi connectivity index (χ1v) is 16.3.